The van der Waals surface area contributed by atoms with Gasteiger partial charge in [-0.1, -0.05) is 54.2 Å². The summed E-state index contributed by atoms with van der Waals surface area (Å²) in [6, 6.07) is 12.5. The van der Waals surface area contributed by atoms with Gasteiger partial charge in [-0.15, -0.1) is 0 Å². The minimum absolute atomic E-state index is 0.0834. The minimum atomic E-state index is -0.887. The number of amides is 3. The van der Waals surface area contributed by atoms with E-state index in [2.05, 4.69) is 10.6 Å². The molecule has 0 aromatic heterocycles. The van der Waals surface area contributed by atoms with Gasteiger partial charge in [-0.05, 0) is 43.2 Å². The second-order valence-corrected chi connectivity index (χ2v) is 8.84. The SMILES string of the molecule is O=C(C[C@@H]1C(=O)N[C@@H]2CCCC[C@@H]2N1C(=O)c1ccccc1)Nc1cc(Cl)cc(Cl)c1. The molecule has 0 unspecified atom stereocenters. The predicted octanol–water partition coefficient (Wildman–Crippen LogP) is 4.27. The molecule has 1 aliphatic carbocycles. The zero-order valence-corrected chi connectivity index (χ0v) is 18.3. The third kappa shape index (κ3) is 4.86. The van der Waals surface area contributed by atoms with Crippen LogP contribution in [0.5, 0.6) is 0 Å². The highest BCUT2D eigenvalue weighted by molar-refractivity contribution is 6.35. The van der Waals surface area contributed by atoms with Crippen LogP contribution in [-0.2, 0) is 9.59 Å². The summed E-state index contributed by atoms with van der Waals surface area (Å²) < 4.78 is 0. The van der Waals surface area contributed by atoms with Crippen molar-refractivity contribution in [2.24, 2.45) is 0 Å². The standard InChI is InChI=1S/C23H23Cl2N3O3/c24-15-10-16(25)12-17(11-15)26-21(29)13-20-22(30)27-18-8-4-5-9-19(18)28(20)23(31)14-6-2-1-3-7-14/h1-3,6-7,10-12,18-20H,4-5,8-9,13H2,(H,26,29)(H,27,30)/t18-,19+,20-/m1/s1. The average Bonchev–Trinajstić information content (AvgIpc) is 2.73. The van der Waals surface area contributed by atoms with Gasteiger partial charge in [-0.2, -0.15) is 0 Å². The summed E-state index contributed by atoms with van der Waals surface area (Å²) in [6.45, 7) is 0. The van der Waals surface area contributed by atoms with Crippen LogP contribution in [0.4, 0.5) is 5.69 Å². The van der Waals surface area contributed by atoms with Crippen LogP contribution >= 0.6 is 23.2 Å². The Morgan fingerprint density at radius 2 is 1.71 bits per heavy atom. The van der Waals surface area contributed by atoms with Crippen LogP contribution in [0, 0.1) is 0 Å². The first-order chi connectivity index (χ1) is 14.9. The van der Waals surface area contributed by atoms with E-state index in [1.807, 2.05) is 6.07 Å². The summed E-state index contributed by atoms with van der Waals surface area (Å²) in [5.41, 5.74) is 0.948. The van der Waals surface area contributed by atoms with Gasteiger partial charge in [0.1, 0.15) is 6.04 Å². The maximum atomic E-state index is 13.4. The summed E-state index contributed by atoms with van der Waals surface area (Å²) in [5.74, 6) is -0.915. The van der Waals surface area contributed by atoms with Crippen LogP contribution in [0.2, 0.25) is 10.0 Å². The Hall–Kier alpha value is -2.57. The molecule has 2 aromatic carbocycles. The van der Waals surface area contributed by atoms with E-state index in [0.29, 0.717) is 21.3 Å². The molecule has 1 heterocycles. The number of piperazine rings is 1. The van der Waals surface area contributed by atoms with Crippen molar-refractivity contribution in [3.05, 3.63) is 64.1 Å². The van der Waals surface area contributed by atoms with Gasteiger partial charge in [0.15, 0.2) is 0 Å². The maximum Gasteiger partial charge on any atom is 0.254 e. The zero-order valence-electron chi connectivity index (χ0n) is 16.8. The number of hydrogen-bond acceptors (Lipinski definition) is 3. The van der Waals surface area contributed by atoms with Crippen LogP contribution in [0.25, 0.3) is 0 Å². The summed E-state index contributed by atoms with van der Waals surface area (Å²) in [7, 11) is 0. The molecule has 1 aliphatic heterocycles. The average molecular weight is 460 g/mol. The first-order valence-electron chi connectivity index (χ1n) is 10.4. The Morgan fingerprint density at radius 3 is 2.42 bits per heavy atom. The molecule has 31 heavy (non-hydrogen) atoms. The number of hydrogen-bond donors (Lipinski definition) is 2. The molecular formula is C23H23Cl2N3O3. The summed E-state index contributed by atoms with van der Waals surface area (Å²) >= 11 is 12.0. The molecule has 1 saturated carbocycles. The lowest BCUT2D eigenvalue weighted by molar-refractivity contribution is -0.135. The molecule has 2 N–H and O–H groups in total. The van der Waals surface area contributed by atoms with Crippen molar-refractivity contribution in [1.29, 1.82) is 0 Å². The van der Waals surface area contributed by atoms with Gasteiger partial charge in [0.25, 0.3) is 5.91 Å². The molecule has 2 aromatic rings. The third-order valence-corrected chi connectivity index (χ3v) is 6.27. The molecule has 2 aliphatic rings. The normalized spacial score (nSPS) is 23.0. The van der Waals surface area contributed by atoms with Gasteiger partial charge >= 0.3 is 0 Å². The first-order valence-corrected chi connectivity index (χ1v) is 11.1. The van der Waals surface area contributed by atoms with E-state index in [-0.39, 0.29) is 30.3 Å². The van der Waals surface area contributed by atoms with Crippen molar-refractivity contribution >= 4 is 46.6 Å². The van der Waals surface area contributed by atoms with Crippen molar-refractivity contribution < 1.29 is 14.4 Å². The lowest BCUT2D eigenvalue weighted by atomic mass is 9.84. The summed E-state index contributed by atoms with van der Waals surface area (Å²) in [5, 5.41) is 6.56. The second kappa shape index (κ2) is 9.28. The van der Waals surface area contributed by atoms with E-state index in [1.165, 1.54) is 0 Å². The van der Waals surface area contributed by atoms with Crippen molar-refractivity contribution in [2.75, 3.05) is 5.32 Å². The molecule has 0 radical (unpaired) electrons. The maximum absolute atomic E-state index is 13.4. The number of fused-ring (bicyclic) bond motifs is 1. The monoisotopic (exact) mass is 459 g/mol. The molecule has 2 fully saturated rings. The Labute approximate surface area is 190 Å². The number of nitrogens with zero attached hydrogens (tertiary/aromatic N) is 1. The topological polar surface area (TPSA) is 78.5 Å². The largest absolute Gasteiger partial charge is 0.349 e. The Balaban J connectivity index is 1.59. The van der Waals surface area contributed by atoms with E-state index in [4.69, 9.17) is 23.2 Å². The van der Waals surface area contributed by atoms with Crippen molar-refractivity contribution in [3.8, 4) is 0 Å². The van der Waals surface area contributed by atoms with Crippen LogP contribution in [0.15, 0.2) is 48.5 Å². The second-order valence-electron chi connectivity index (χ2n) is 7.97. The van der Waals surface area contributed by atoms with Crippen molar-refractivity contribution in [1.82, 2.24) is 10.2 Å². The Morgan fingerprint density at radius 1 is 1.03 bits per heavy atom. The molecule has 3 atom stereocenters. The van der Waals surface area contributed by atoms with Gasteiger partial charge < -0.3 is 15.5 Å². The number of benzene rings is 2. The predicted molar refractivity (Wildman–Crippen MR) is 120 cm³/mol. The molecule has 8 heteroatoms. The molecule has 0 bridgehead atoms. The highest BCUT2D eigenvalue weighted by Gasteiger charge is 2.46. The van der Waals surface area contributed by atoms with Crippen LogP contribution in [0.3, 0.4) is 0 Å². The van der Waals surface area contributed by atoms with Gasteiger partial charge in [-0.25, -0.2) is 0 Å². The Bertz CT molecular complexity index is 979. The van der Waals surface area contributed by atoms with Gasteiger partial charge in [0, 0.05) is 27.3 Å². The highest BCUT2D eigenvalue weighted by Crippen LogP contribution is 2.31. The third-order valence-electron chi connectivity index (χ3n) is 5.83. The Kier molecular flexibility index (Phi) is 6.49. The molecule has 4 rings (SSSR count). The fourth-order valence-corrected chi connectivity index (χ4v) is 5.00. The molecule has 1 saturated heterocycles. The van der Waals surface area contributed by atoms with E-state index in [1.54, 1.807) is 47.4 Å². The van der Waals surface area contributed by atoms with Crippen LogP contribution < -0.4 is 10.6 Å². The number of anilines is 1. The first kappa shape index (κ1) is 21.7. The molecule has 162 valence electrons. The minimum Gasteiger partial charge on any atom is -0.349 e. The van der Waals surface area contributed by atoms with Gasteiger partial charge in [0.2, 0.25) is 11.8 Å². The zero-order chi connectivity index (χ0) is 22.0. The summed E-state index contributed by atoms with van der Waals surface area (Å²) in [4.78, 5) is 40.8. The van der Waals surface area contributed by atoms with Crippen molar-refractivity contribution in [3.63, 3.8) is 0 Å². The number of rotatable bonds is 4. The fourth-order valence-electron chi connectivity index (χ4n) is 4.48. The summed E-state index contributed by atoms with van der Waals surface area (Å²) in [6.07, 6.45) is 3.46. The van der Waals surface area contributed by atoms with Crippen LogP contribution in [-0.4, -0.2) is 40.7 Å². The fraction of sp³-hybridized carbons (Fsp3) is 0.348. The number of carbonyl (C=O) groups excluding carboxylic acids is 3. The lowest BCUT2D eigenvalue weighted by Gasteiger charge is -2.48. The smallest absolute Gasteiger partial charge is 0.254 e. The quantitative estimate of drug-likeness (QED) is 0.715. The molecule has 0 spiro atoms. The molecule has 3 amide bonds. The highest BCUT2D eigenvalue weighted by atomic mass is 35.5. The van der Waals surface area contributed by atoms with E-state index < -0.39 is 11.9 Å². The van der Waals surface area contributed by atoms with Gasteiger partial charge in [-0.3, -0.25) is 14.4 Å². The van der Waals surface area contributed by atoms with Crippen molar-refractivity contribution in [2.45, 2.75) is 50.2 Å². The van der Waals surface area contributed by atoms with E-state index in [9.17, 15) is 14.4 Å². The number of nitrogens with one attached hydrogen (secondary N) is 2. The molecular weight excluding hydrogens is 437 g/mol. The number of carbonyl (C=O) groups is 3. The lowest BCUT2D eigenvalue weighted by Crippen LogP contribution is -2.68. The van der Waals surface area contributed by atoms with E-state index in [0.717, 1.165) is 25.7 Å². The van der Waals surface area contributed by atoms with E-state index >= 15 is 0 Å². The van der Waals surface area contributed by atoms with Crippen LogP contribution in [0.1, 0.15) is 42.5 Å². The number of halogens is 2. The molecule has 6 nitrogen and oxygen atoms in total. The van der Waals surface area contributed by atoms with Gasteiger partial charge in [0.05, 0.1) is 12.5 Å².